The molecular weight excluding hydrogens is 1170 g/mol. The maximum absolute atomic E-state index is 13.0. The Kier molecular flexibility index (Phi) is 62.1. The predicted octanol–water partition coefficient (Wildman–Crippen LogP) is 20.1. The van der Waals surface area contributed by atoms with Gasteiger partial charge in [-0.2, -0.15) is 0 Å². The maximum atomic E-state index is 13.0. The Hall–Kier alpha value is -1.94. The zero-order valence-electron chi connectivity index (χ0n) is 57.6. The number of ether oxygens (including phenoxy) is 4. The van der Waals surface area contributed by atoms with E-state index >= 15 is 0 Å². The zero-order chi connectivity index (χ0) is 65.6. The normalized spacial score (nSPS) is 14.4. The molecule has 0 heterocycles. The van der Waals surface area contributed by atoms with E-state index in [1.165, 1.54) is 180 Å². The van der Waals surface area contributed by atoms with Crippen LogP contribution in [0.4, 0.5) is 0 Å². The summed E-state index contributed by atoms with van der Waals surface area (Å²) >= 11 is 0. The summed E-state index contributed by atoms with van der Waals surface area (Å²) in [7, 11) is -9.88. The molecule has 0 aromatic carbocycles. The van der Waals surface area contributed by atoms with Crippen molar-refractivity contribution < 1.29 is 80.2 Å². The molecule has 0 aliphatic rings. The second-order valence-corrected chi connectivity index (χ2v) is 28.4. The average Bonchev–Trinajstić information content (AvgIpc) is 3.73. The number of rotatable bonds is 70. The Balaban J connectivity index is 5.08. The molecule has 0 spiro atoms. The third-order valence-corrected chi connectivity index (χ3v) is 18.5. The third-order valence-electron chi connectivity index (χ3n) is 16.6. The molecule has 0 fully saturated rings. The molecule has 0 saturated carbocycles. The molecule has 0 aliphatic carbocycles. The third kappa shape index (κ3) is 63.2. The van der Waals surface area contributed by atoms with E-state index in [2.05, 4.69) is 34.6 Å². The van der Waals surface area contributed by atoms with Crippen molar-refractivity contribution >= 4 is 39.5 Å². The van der Waals surface area contributed by atoms with Crippen molar-refractivity contribution in [3.63, 3.8) is 0 Å². The van der Waals surface area contributed by atoms with Crippen LogP contribution in [0.25, 0.3) is 0 Å². The standard InChI is InChI=1S/C70H136O17P2/c1-6-10-13-16-18-20-22-32-36-39-44-49-54-68(73)81-60-66(87-70(75)56-51-46-41-37-33-30-28-26-24-23-25-27-29-31-34-38-43-47-52-63(5)9-4)62-85-89(78,79)83-58-64(71)57-82-88(76,77)84-61-65(59-80-67(72)53-48-42-15-12-8-3)86-69(74)55-50-45-40-35-21-19-17-14-11-7-2/h63-66,71H,6-62H2,1-5H3,(H,76,77)(H,78,79)/t63?,64-,65+,66+/m0/s1. The fraction of sp³-hybridized carbons (Fsp3) is 0.943. The van der Waals surface area contributed by atoms with Crippen LogP contribution < -0.4 is 0 Å². The smallest absolute Gasteiger partial charge is 0.462 e. The number of phosphoric acid groups is 2. The Morgan fingerprint density at radius 2 is 0.539 bits per heavy atom. The van der Waals surface area contributed by atoms with Gasteiger partial charge in [0.1, 0.15) is 19.3 Å². The molecule has 89 heavy (non-hydrogen) atoms. The molecule has 0 aromatic rings. The van der Waals surface area contributed by atoms with Gasteiger partial charge in [-0.05, 0) is 31.6 Å². The van der Waals surface area contributed by atoms with Gasteiger partial charge in [-0.3, -0.25) is 37.3 Å². The van der Waals surface area contributed by atoms with Gasteiger partial charge in [0.05, 0.1) is 26.4 Å². The van der Waals surface area contributed by atoms with Gasteiger partial charge >= 0.3 is 39.5 Å². The second-order valence-electron chi connectivity index (χ2n) is 25.5. The SMILES string of the molecule is CCCCCCCCCCCCCCC(=O)OC[C@H](COP(=O)(O)OC[C@@H](O)COP(=O)(O)OC[C@@H](COC(=O)CCCCCCC)OC(=O)CCCCCCCCCCCC)OC(=O)CCCCCCCCCCCCCCCCCCCCC(C)CC. The lowest BCUT2D eigenvalue weighted by Gasteiger charge is -2.21. The van der Waals surface area contributed by atoms with E-state index in [9.17, 15) is 43.2 Å². The van der Waals surface area contributed by atoms with Crippen LogP contribution in [0.1, 0.15) is 362 Å². The largest absolute Gasteiger partial charge is 0.472 e. The van der Waals surface area contributed by atoms with Crippen LogP contribution in [0.5, 0.6) is 0 Å². The zero-order valence-corrected chi connectivity index (χ0v) is 59.4. The molecule has 3 N–H and O–H groups in total. The number of phosphoric ester groups is 2. The molecule has 528 valence electrons. The lowest BCUT2D eigenvalue weighted by molar-refractivity contribution is -0.161. The van der Waals surface area contributed by atoms with Crippen molar-refractivity contribution in [3.8, 4) is 0 Å². The fourth-order valence-electron chi connectivity index (χ4n) is 10.6. The number of aliphatic hydroxyl groups excluding tert-OH is 1. The minimum absolute atomic E-state index is 0.106. The van der Waals surface area contributed by atoms with E-state index < -0.39 is 97.5 Å². The molecular formula is C70H136O17P2. The Labute approximate surface area is 543 Å². The summed E-state index contributed by atoms with van der Waals surface area (Å²) < 4.78 is 68.0. The molecule has 0 amide bonds. The molecule has 0 bridgehead atoms. The molecule has 0 radical (unpaired) electrons. The van der Waals surface area contributed by atoms with Crippen molar-refractivity contribution in [1.29, 1.82) is 0 Å². The Morgan fingerprint density at radius 1 is 0.315 bits per heavy atom. The van der Waals surface area contributed by atoms with Gasteiger partial charge in [0.25, 0.3) is 0 Å². The fourth-order valence-corrected chi connectivity index (χ4v) is 12.2. The summed E-state index contributed by atoms with van der Waals surface area (Å²) in [5, 5.41) is 10.5. The van der Waals surface area contributed by atoms with E-state index in [4.69, 9.17) is 37.0 Å². The quantitative estimate of drug-likeness (QED) is 0.0222. The summed E-state index contributed by atoms with van der Waals surface area (Å²) in [4.78, 5) is 72.2. The van der Waals surface area contributed by atoms with Gasteiger partial charge in [-0.25, -0.2) is 9.13 Å². The predicted molar refractivity (Wildman–Crippen MR) is 358 cm³/mol. The Bertz CT molecular complexity index is 1720. The average molecular weight is 1310 g/mol. The number of hydrogen-bond donors (Lipinski definition) is 3. The first-order valence-corrected chi connectivity index (χ1v) is 39.7. The molecule has 3 unspecified atom stereocenters. The monoisotopic (exact) mass is 1310 g/mol. The minimum Gasteiger partial charge on any atom is -0.462 e. The molecule has 0 aromatic heterocycles. The number of carbonyl (C=O) groups excluding carboxylic acids is 4. The number of esters is 4. The van der Waals surface area contributed by atoms with Crippen molar-refractivity contribution in [1.82, 2.24) is 0 Å². The van der Waals surface area contributed by atoms with Gasteiger partial charge in [0.15, 0.2) is 12.2 Å². The summed E-state index contributed by atoms with van der Waals surface area (Å²) in [6, 6.07) is 0. The van der Waals surface area contributed by atoms with Crippen molar-refractivity contribution in [2.24, 2.45) is 5.92 Å². The first-order valence-electron chi connectivity index (χ1n) is 36.7. The van der Waals surface area contributed by atoms with Crippen LogP contribution in [0, 0.1) is 5.92 Å². The number of carbonyl (C=O) groups is 4. The van der Waals surface area contributed by atoms with E-state index in [1.54, 1.807) is 0 Å². The molecule has 0 rings (SSSR count). The summed E-state index contributed by atoms with van der Waals surface area (Å²) in [6.07, 6.45) is 50.4. The number of hydrogen-bond acceptors (Lipinski definition) is 15. The second kappa shape index (κ2) is 63.5. The topological polar surface area (TPSA) is 237 Å². The lowest BCUT2D eigenvalue weighted by atomic mass is 9.99. The van der Waals surface area contributed by atoms with Crippen molar-refractivity contribution in [2.75, 3.05) is 39.6 Å². The van der Waals surface area contributed by atoms with Gasteiger partial charge in [-0.15, -0.1) is 0 Å². The summed E-state index contributed by atoms with van der Waals surface area (Å²) in [5.41, 5.74) is 0. The van der Waals surface area contributed by atoms with Gasteiger partial charge in [-0.1, -0.05) is 311 Å². The molecule has 0 saturated heterocycles. The lowest BCUT2D eigenvalue weighted by Crippen LogP contribution is -2.30. The van der Waals surface area contributed by atoms with Crippen LogP contribution >= 0.6 is 15.6 Å². The molecule has 6 atom stereocenters. The van der Waals surface area contributed by atoms with Crippen LogP contribution in [-0.4, -0.2) is 96.7 Å². The molecule has 0 aliphatic heterocycles. The van der Waals surface area contributed by atoms with Crippen LogP contribution in [-0.2, 0) is 65.4 Å². The van der Waals surface area contributed by atoms with Crippen LogP contribution in [0.15, 0.2) is 0 Å². The first kappa shape index (κ1) is 87.1. The highest BCUT2D eigenvalue weighted by Crippen LogP contribution is 2.45. The summed E-state index contributed by atoms with van der Waals surface area (Å²) in [6.45, 7) is 7.21. The highest BCUT2D eigenvalue weighted by atomic mass is 31.2. The van der Waals surface area contributed by atoms with Gasteiger partial charge < -0.3 is 33.8 Å². The molecule has 19 heteroatoms. The van der Waals surface area contributed by atoms with Crippen molar-refractivity contribution in [3.05, 3.63) is 0 Å². The minimum atomic E-state index is -4.95. The van der Waals surface area contributed by atoms with Crippen molar-refractivity contribution in [2.45, 2.75) is 380 Å². The summed E-state index contributed by atoms with van der Waals surface area (Å²) in [5.74, 6) is -1.26. The van der Waals surface area contributed by atoms with E-state index in [0.717, 1.165) is 102 Å². The highest BCUT2D eigenvalue weighted by Gasteiger charge is 2.30. The first-order chi connectivity index (χ1) is 43.1. The van der Waals surface area contributed by atoms with E-state index in [-0.39, 0.29) is 25.7 Å². The number of aliphatic hydroxyl groups is 1. The van der Waals surface area contributed by atoms with Crippen LogP contribution in [0.3, 0.4) is 0 Å². The Morgan fingerprint density at radius 3 is 0.798 bits per heavy atom. The van der Waals surface area contributed by atoms with E-state index in [0.29, 0.717) is 25.7 Å². The van der Waals surface area contributed by atoms with Gasteiger partial charge in [0, 0.05) is 25.7 Å². The highest BCUT2D eigenvalue weighted by molar-refractivity contribution is 7.47. The van der Waals surface area contributed by atoms with Gasteiger partial charge in [0.2, 0.25) is 0 Å². The number of unbranched alkanes of at least 4 members (excludes halogenated alkanes) is 41. The van der Waals surface area contributed by atoms with Crippen LogP contribution in [0.2, 0.25) is 0 Å². The van der Waals surface area contributed by atoms with E-state index in [1.807, 2.05) is 0 Å². The maximum Gasteiger partial charge on any atom is 0.472 e. The molecule has 17 nitrogen and oxygen atoms in total.